The van der Waals surface area contributed by atoms with Crippen molar-refractivity contribution in [1.82, 2.24) is 10.3 Å². The van der Waals surface area contributed by atoms with Gasteiger partial charge in [0.05, 0.1) is 25.0 Å². The van der Waals surface area contributed by atoms with Crippen LogP contribution >= 0.6 is 12.2 Å². The number of anilines is 1. The molecule has 5 nitrogen and oxygen atoms in total. The zero-order valence-electron chi connectivity index (χ0n) is 16.7. The topological polar surface area (TPSA) is 48.9 Å². The minimum absolute atomic E-state index is 0.0982. The highest BCUT2D eigenvalue weighted by Gasteiger charge is 2.25. The number of hydrogen-bond acceptors (Lipinski definition) is 4. The monoisotopic (exact) mass is 396 g/mol. The van der Waals surface area contributed by atoms with E-state index in [-0.39, 0.29) is 6.04 Å². The Morgan fingerprint density at radius 2 is 1.79 bits per heavy atom. The summed E-state index contributed by atoms with van der Waals surface area (Å²) in [5.41, 5.74) is 8.62. The highest BCUT2D eigenvalue weighted by Crippen LogP contribution is 2.23. The van der Waals surface area contributed by atoms with Crippen LogP contribution in [0.15, 0.2) is 53.6 Å². The number of benzene rings is 2. The minimum Gasteiger partial charge on any atom is -0.379 e. The van der Waals surface area contributed by atoms with Crippen LogP contribution in [0.1, 0.15) is 29.7 Å². The number of nitrogens with zero attached hydrogens (tertiary/aromatic N) is 2. The summed E-state index contributed by atoms with van der Waals surface area (Å²) >= 11 is 5.45. The number of hydrogen-bond donors (Lipinski definition) is 2. The maximum Gasteiger partial charge on any atom is 0.191 e. The Morgan fingerprint density at radius 1 is 1.07 bits per heavy atom. The predicted octanol–water partition coefficient (Wildman–Crippen LogP) is 4.04. The Hall–Kier alpha value is -2.28. The van der Waals surface area contributed by atoms with E-state index in [1.807, 2.05) is 25.1 Å². The van der Waals surface area contributed by atoms with Gasteiger partial charge in [0.1, 0.15) is 0 Å². The molecule has 0 saturated carbocycles. The fourth-order valence-corrected chi connectivity index (χ4v) is 3.58. The molecule has 1 fully saturated rings. The molecule has 1 aliphatic heterocycles. The molecular weight excluding hydrogens is 368 g/mol. The maximum atomic E-state index is 5.52. The second kappa shape index (κ2) is 9.78. The van der Waals surface area contributed by atoms with Crippen LogP contribution in [-0.2, 0) is 4.74 Å². The number of nitrogens with one attached hydrogen (secondary N) is 2. The zero-order valence-corrected chi connectivity index (χ0v) is 17.6. The van der Waals surface area contributed by atoms with E-state index in [1.54, 1.807) is 0 Å². The van der Waals surface area contributed by atoms with Crippen LogP contribution in [0.5, 0.6) is 0 Å². The van der Waals surface area contributed by atoms with Crippen molar-refractivity contribution < 1.29 is 4.74 Å². The first kappa shape index (κ1) is 20.5. The molecule has 3 rings (SSSR count). The molecule has 0 unspecified atom stereocenters. The molecular formula is C22H28N4OS. The number of rotatable bonds is 5. The first-order valence-corrected chi connectivity index (χ1v) is 10.0. The van der Waals surface area contributed by atoms with Crippen molar-refractivity contribution in [2.75, 3.05) is 31.6 Å². The molecule has 0 radical (unpaired) electrons. The molecule has 1 heterocycles. The van der Waals surface area contributed by atoms with E-state index in [0.29, 0.717) is 5.11 Å². The third-order valence-electron chi connectivity index (χ3n) is 5.11. The maximum absolute atomic E-state index is 5.52. The van der Waals surface area contributed by atoms with Gasteiger partial charge in [0, 0.05) is 18.8 Å². The molecule has 2 aromatic rings. The van der Waals surface area contributed by atoms with Crippen molar-refractivity contribution in [3.63, 3.8) is 0 Å². The number of hydrazone groups is 1. The molecule has 2 aromatic carbocycles. The van der Waals surface area contributed by atoms with E-state index in [2.05, 4.69) is 64.9 Å². The Bertz CT molecular complexity index is 832. The minimum atomic E-state index is 0.0982. The van der Waals surface area contributed by atoms with E-state index in [1.165, 1.54) is 16.7 Å². The normalized spacial score (nSPS) is 16.5. The van der Waals surface area contributed by atoms with Gasteiger partial charge in [-0.1, -0.05) is 42.5 Å². The van der Waals surface area contributed by atoms with Crippen LogP contribution in [0.4, 0.5) is 5.69 Å². The van der Waals surface area contributed by atoms with Crippen LogP contribution < -0.4 is 10.7 Å². The predicted molar refractivity (Wildman–Crippen MR) is 120 cm³/mol. The highest BCUT2D eigenvalue weighted by molar-refractivity contribution is 7.80. The van der Waals surface area contributed by atoms with Gasteiger partial charge in [0.2, 0.25) is 0 Å². The van der Waals surface area contributed by atoms with E-state index >= 15 is 0 Å². The lowest BCUT2D eigenvalue weighted by Crippen LogP contribution is -2.42. The lowest BCUT2D eigenvalue weighted by molar-refractivity contribution is 0.0285. The molecule has 1 saturated heterocycles. The summed E-state index contributed by atoms with van der Waals surface area (Å²) in [6, 6.07) is 16.7. The standard InChI is InChI=1S/C22H28N4OS/c1-16-8-7-11-20(17(16)2)23-22(28)25-24-18(3)21(19-9-5-4-6-10-19)26-12-14-27-15-13-26/h4-11,21H,12-15H2,1-3H3,(H2,23,25,28)/b24-18-/t21-/m0/s1. The fourth-order valence-electron chi connectivity index (χ4n) is 3.42. The van der Waals surface area contributed by atoms with Crippen LogP contribution in [0.2, 0.25) is 0 Å². The smallest absolute Gasteiger partial charge is 0.191 e. The van der Waals surface area contributed by atoms with E-state index in [0.717, 1.165) is 37.7 Å². The molecule has 1 aliphatic rings. The summed E-state index contributed by atoms with van der Waals surface area (Å²) in [5, 5.41) is 8.34. The molecule has 0 amide bonds. The second-order valence-electron chi connectivity index (χ2n) is 7.03. The van der Waals surface area contributed by atoms with Gasteiger partial charge >= 0.3 is 0 Å². The highest BCUT2D eigenvalue weighted by atomic mass is 32.1. The molecule has 148 valence electrons. The van der Waals surface area contributed by atoms with Crippen molar-refractivity contribution >= 4 is 28.7 Å². The molecule has 2 N–H and O–H groups in total. The van der Waals surface area contributed by atoms with Gasteiger partial charge in [0.25, 0.3) is 0 Å². The number of morpholine rings is 1. The van der Waals surface area contributed by atoms with E-state index in [9.17, 15) is 0 Å². The van der Waals surface area contributed by atoms with Crippen molar-refractivity contribution in [3.8, 4) is 0 Å². The molecule has 0 aliphatic carbocycles. The van der Waals surface area contributed by atoms with Crippen molar-refractivity contribution in [2.24, 2.45) is 5.10 Å². The van der Waals surface area contributed by atoms with Gasteiger partial charge in [-0.2, -0.15) is 5.10 Å². The van der Waals surface area contributed by atoms with Crippen LogP contribution in [0, 0.1) is 13.8 Å². The van der Waals surface area contributed by atoms with Crippen molar-refractivity contribution in [3.05, 3.63) is 65.2 Å². The second-order valence-corrected chi connectivity index (χ2v) is 7.44. The lowest BCUT2D eigenvalue weighted by Gasteiger charge is -2.34. The summed E-state index contributed by atoms with van der Waals surface area (Å²) in [7, 11) is 0. The third-order valence-corrected chi connectivity index (χ3v) is 5.30. The number of ether oxygens (including phenoxy) is 1. The molecule has 6 heteroatoms. The van der Waals surface area contributed by atoms with Gasteiger partial charge in [-0.05, 0) is 55.7 Å². The first-order chi connectivity index (χ1) is 13.6. The first-order valence-electron chi connectivity index (χ1n) is 9.60. The Labute approximate surface area is 172 Å². The van der Waals surface area contributed by atoms with Gasteiger partial charge in [-0.15, -0.1) is 0 Å². The summed E-state index contributed by atoms with van der Waals surface area (Å²) in [5.74, 6) is 0. The fraction of sp³-hybridized carbons (Fsp3) is 0.364. The summed E-state index contributed by atoms with van der Waals surface area (Å²) in [6.45, 7) is 9.48. The average Bonchev–Trinajstić information content (AvgIpc) is 2.72. The Morgan fingerprint density at radius 3 is 2.50 bits per heavy atom. The Balaban J connectivity index is 1.72. The van der Waals surface area contributed by atoms with Crippen molar-refractivity contribution in [2.45, 2.75) is 26.8 Å². The van der Waals surface area contributed by atoms with Crippen LogP contribution in [0.25, 0.3) is 0 Å². The van der Waals surface area contributed by atoms with Gasteiger partial charge in [-0.3, -0.25) is 10.3 Å². The quantitative estimate of drug-likeness (QED) is 0.454. The zero-order chi connectivity index (χ0) is 19.9. The van der Waals surface area contributed by atoms with Crippen LogP contribution in [-0.4, -0.2) is 42.0 Å². The van der Waals surface area contributed by atoms with Crippen LogP contribution in [0.3, 0.4) is 0 Å². The summed E-state index contributed by atoms with van der Waals surface area (Å²) in [4.78, 5) is 2.40. The van der Waals surface area contributed by atoms with Gasteiger partial charge < -0.3 is 10.1 Å². The molecule has 0 bridgehead atoms. The number of thiocarbonyl (C=S) groups is 1. The summed E-state index contributed by atoms with van der Waals surface area (Å²) in [6.07, 6.45) is 0. The SMILES string of the molecule is C/C(=N/NC(=S)Nc1cccc(C)c1C)[C@@H](c1ccccc1)N1CCOCC1. The van der Waals surface area contributed by atoms with Crippen molar-refractivity contribution in [1.29, 1.82) is 0 Å². The molecule has 1 atom stereocenters. The molecule has 28 heavy (non-hydrogen) atoms. The van der Waals surface area contributed by atoms with Gasteiger partial charge in [0.15, 0.2) is 5.11 Å². The van der Waals surface area contributed by atoms with E-state index in [4.69, 9.17) is 17.0 Å². The van der Waals surface area contributed by atoms with E-state index < -0.39 is 0 Å². The summed E-state index contributed by atoms with van der Waals surface area (Å²) < 4.78 is 5.52. The lowest BCUT2D eigenvalue weighted by atomic mass is 10.0. The Kier molecular flexibility index (Phi) is 7.14. The largest absolute Gasteiger partial charge is 0.379 e. The van der Waals surface area contributed by atoms with Gasteiger partial charge in [-0.25, -0.2) is 0 Å². The molecule has 0 spiro atoms. The number of aryl methyl sites for hydroxylation is 1. The third kappa shape index (κ3) is 5.16. The average molecular weight is 397 g/mol. The molecule has 0 aromatic heterocycles.